The Morgan fingerprint density at radius 3 is 1.06 bits per heavy atom. The van der Waals surface area contributed by atoms with E-state index in [-0.39, 0.29) is 0 Å². The summed E-state index contributed by atoms with van der Waals surface area (Å²) in [4.78, 5) is 0. The molecule has 10 aromatic rings. The molecule has 2 aromatic heterocycles. The predicted molar refractivity (Wildman–Crippen MR) is 209 cm³/mol. The normalized spacial score (nSPS) is 12.4. The Kier molecular flexibility index (Phi) is 5.00. The minimum Gasteiger partial charge on any atom is -0.308 e. The van der Waals surface area contributed by atoms with Crippen molar-refractivity contribution in [3.63, 3.8) is 0 Å². The number of fused-ring (bicyclic) bond motifs is 16. The van der Waals surface area contributed by atoms with E-state index in [1.165, 1.54) is 111 Å². The van der Waals surface area contributed by atoms with Crippen LogP contribution in [0, 0.1) is 0 Å². The largest absolute Gasteiger partial charge is 0.308 e. The zero-order chi connectivity index (χ0) is 32.5. The van der Waals surface area contributed by atoms with Crippen molar-refractivity contribution in [2.75, 3.05) is 0 Å². The van der Waals surface area contributed by atoms with Crippen LogP contribution in [-0.4, -0.2) is 9.13 Å². The van der Waals surface area contributed by atoms with E-state index in [0.717, 1.165) is 0 Å². The molecule has 0 spiro atoms. The zero-order valence-corrected chi connectivity index (χ0v) is 27.1. The Labute approximate surface area is 288 Å². The number of hydrogen-bond acceptors (Lipinski definition) is 0. The molecule has 8 aromatic carbocycles. The minimum absolute atomic E-state index is 1.23. The lowest BCUT2D eigenvalue weighted by atomic mass is 9.93. The molecule has 0 fully saturated rings. The first kappa shape index (κ1) is 26.3. The zero-order valence-electron chi connectivity index (χ0n) is 27.1. The summed E-state index contributed by atoms with van der Waals surface area (Å²) in [6.45, 7) is 0. The first-order chi connectivity index (χ1) is 24.8. The van der Waals surface area contributed by atoms with Crippen LogP contribution in [0.4, 0.5) is 0 Å². The standard InChI is InChI=1S/C48H28N2/c1-3-13-33-31(11-1)35-15-5-7-21-43(35)49-45-25-23-29(27-41(45)39-19-9-17-37(33)47(39)49)30-24-26-46-42(28-30)40-20-10-18-38-34-14-4-2-12-32(34)36-16-6-8-22-44(36)50(46)48(38)40/h1-28H. The quantitative estimate of drug-likeness (QED) is 0.170. The summed E-state index contributed by atoms with van der Waals surface area (Å²) in [5, 5.41) is 5.12. The Bertz CT molecular complexity index is 2890. The molecule has 0 aliphatic carbocycles. The lowest BCUT2D eigenvalue weighted by molar-refractivity contribution is 1.19. The van der Waals surface area contributed by atoms with Gasteiger partial charge < -0.3 is 9.13 Å². The van der Waals surface area contributed by atoms with Crippen LogP contribution in [-0.2, 0) is 0 Å². The van der Waals surface area contributed by atoms with Crippen molar-refractivity contribution in [1.29, 1.82) is 0 Å². The van der Waals surface area contributed by atoms with E-state index in [9.17, 15) is 0 Å². The van der Waals surface area contributed by atoms with Gasteiger partial charge in [0.1, 0.15) is 0 Å². The van der Waals surface area contributed by atoms with Crippen LogP contribution in [0.15, 0.2) is 170 Å². The Balaban J connectivity index is 1.12. The van der Waals surface area contributed by atoms with Crippen molar-refractivity contribution < 1.29 is 0 Å². The van der Waals surface area contributed by atoms with Gasteiger partial charge in [0.2, 0.25) is 0 Å². The second-order valence-electron chi connectivity index (χ2n) is 13.7. The molecule has 230 valence electrons. The number of nitrogens with zero attached hydrogens (tertiary/aromatic N) is 2. The van der Waals surface area contributed by atoms with Crippen LogP contribution in [0.25, 0.3) is 111 Å². The van der Waals surface area contributed by atoms with Gasteiger partial charge in [0.05, 0.1) is 33.4 Å². The van der Waals surface area contributed by atoms with Crippen LogP contribution in [0.5, 0.6) is 0 Å². The molecule has 0 atom stereocenters. The third-order valence-electron chi connectivity index (χ3n) is 11.2. The maximum Gasteiger partial charge on any atom is 0.0619 e. The van der Waals surface area contributed by atoms with Gasteiger partial charge in [0, 0.05) is 43.8 Å². The van der Waals surface area contributed by atoms with Gasteiger partial charge in [-0.05, 0) is 69.8 Å². The molecule has 0 amide bonds. The van der Waals surface area contributed by atoms with E-state index in [2.05, 4.69) is 179 Å². The monoisotopic (exact) mass is 632 g/mol. The summed E-state index contributed by atoms with van der Waals surface area (Å²) in [5.74, 6) is 0. The lowest BCUT2D eigenvalue weighted by Crippen LogP contribution is -1.95. The molecule has 2 aliphatic heterocycles. The molecule has 0 saturated heterocycles. The van der Waals surface area contributed by atoms with Crippen molar-refractivity contribution in [3.8, 4) is 67.0 Å². The maximum atomic E-state index is 2.49. The first-order valence-electron chi connectivity index (χ1n) is 17.4. The number of para-hydroxylation sites is 4. The second-order valence-corrected chi connectivity index (χ2v) is 13.7. The fraction of sp³-hybridized carbons (Fsp3) is 0. The summed E-state index contributed by atoms with van der Waals surface area (Å²) in [6, 6.07) is 63.1. The predicted octanol–water partition coefficient (Wildman–Crippen LogP) is 12.8. The second kappa shape index (κ2) is 9.49. The molecule has 2 aliphatic rings. The summed E-state index contributed by atoms with van der Waals surface area (Å²) in [7, 11) is 0. The maximum absolute atomic E-state index is 2.49. The summed E-state index contributed by atoms with van der Waals surface area (Å²) < 4.78 is 4.98. The number of benzene rings is 8. The summed E-state index contributed by atoms with van der Waals surface area (Å²) in [6.07, 6.45) is 0. The number of rotatable bonds is 1. The third kappa shape index (κ3) is 3.28. The van der Waals surface area contributed by atoms with Crippen LogP contribution >= 0.6 is 0 Å². The molecule has 50 heavy (non-hydrogen) atoms. The molecule has 0 N–H and O–H groups in total. The molecule has 2 nitrogen and oxygen atoms in total. The Morgan fingerprint density at radius 1 is 0.260 bits per heavy atom. The van der Waals surface area contributed by atoms with Gasteiger partial charge in [-0.2, -0.15) is 0 Å². The van der Waals surface area contributed by atoms with Crippen LogP contribution < -0.4 is 0 Å². The molecule has 0 saturated carbocycles. The van der Waals surface area contributed by atoms with Crippen molar-refractivity contribution >= 4 is 43.6 Å². The average Bonchev–Trinajstić information content (AvgIpc) is 3.61. The van der Waals surface area contributed by atoms with E-state index in [0.29, 0.717) is 0 Å². The van der Waals surface area contributed by atoms with Crippen LogP contribution in [0.1, 0.15) is 0 Å². The first-order valence-corrected chi connectivity index (χ1v) is 17.4. The van der Waals surface area contributed by atoms with Gasteiger partial charge in [-0.3, -0.25) is 0 Å². The highest BCUT2D eigenvalue weighted by atomic mass is 15.0. The highest BCUT2D eigenvalue weighted by Gasteiger charge is 2.26. The smallest absolute Gasteiger partial charge is 0.0619 e. The van der Waals surface area contributed by atoms with E-state index in [1.807, 2.05) is 0 Å². The Morgan fingerprint density at radius 2 is 0.620 bits per heavy atom. The molecule has 12 rings (SSSR count). The molecule has 0 radical (unpaired) electrons. The molecule has 0 unspecified atom stereocenters. The van der Waals surface area contributed by atoms with Gasteiger partial charge in [0.25, 0.3) is 0 Å². The number of hydrogen-bond donors (Lipinski definition) is 0. The lowest BCUT2D eigenvalue weighted by Gasteiger charge is -2.13. The fourth-order valence-corrected chi connectivity index (χ4v) is 9.13. The summed E-state index contributed by atoms with van der Waals surface area (Å²) >= 11 is 0. The highest BCUT2D eigenvalue weighted by Crippen LogP contribution is 2.49. The van der Waals surface area contributed by atoms with Gasteiger partial charge in [-0.15, -0.1) is 0 Å². The van der Waals surface area contributed by atoms with Gasteiger partial charge in [-0.25, -0.2) is 0 Å². The van der Waals surface area contributed by atoms with E-state index >= 15 is 0 Å². The van der Waals surface area contributed by atoms with Crippen molar-refractivity contribution in [2.24, 2.45) is 0 Å². The molecule has 0 bridgehead atoms. The summed E-state index contributed by atoms with van der Waals surface area (Å²) in [5.41, 5.74) is 20.1. The Hall–Kier alpha value is -6.64. The third-order valence-corrected chi connectivity index (χ3v) is 11.2. The van der Waals surface area contributed by atoms with Crippen molar-refractivity contribution in [2.45, 2.75) is 0 Å². The van der Waals surface area contributed by atoms with Gasteiger partial charge in [0.15, 0.2) is 0 Å². The van der Waals surface area contributed by atoms with Crippen LogP contribution in [0.2, 0.25) is 0 Å². The van der Waals surface area contributed by atoms with Crippen molar-refractivity contribution in [1.82, 2.24) is 9.13 Å². The molecular formula is C48H28N2. The minimum atomic E-state index is 1.23. The highest BCUT2D eigenvalue weighted by molar-refractivity contribution is 6.19. The van der Waals surface area contributed by atoms with Gasteiger partial charge in [-0.1, -0.05) is 133 Å². The van der Waals surface area contributed by atoms with E-state index in [4.69, 9.17) is 0 Å². The van der Waals surface area contributed by atoms with E-state index < -0.39 is 0 Å². The molecule has 4 heterocycles. The number of aromatic nitrogens is 2. The molecular weight excluding hydrogens is 605 g/mol. The van der Waals surface area contributed by atoms with Crippen LogP contribution in [0.3, 0.4) is 0 Å². The van der Waals surface area contributed by atoms with Crippen molar-refractivity contribution in [3.05, 3.63) is 170 Å². The topological polar surface area (TPSA) is 9.86 Å². The molecule has 2 heteroatoms. The fourth-order valence-electron chi connectivity index (χ4n) is 9.13. The van der Waals surface area contributed by atoms with E-state index in [1.54, 1.807) is 0 Å². The average molecular weight is 633 g/mol. The SMILES string of the molecule is c1ccc2c(c1)-c1ccccc1-n1c3ccc(-c4ccc5c(c4)c4cccc6c4n5-c4ccccc4-c4ccccc4-6)cc3c3cccc-2c31. The van der Waals surface area contributed by atoms with Gasteiger partial charge >= 0.3 is 0 Å².